The van der Waals surface area contributed by atoms with Crippen LogP contribution in [0.1, 0.15) is 59.8 Å². The number of carbonyl (C=O) groups excluding carboxylic acids is 1. The van der Waals surface area contributed by atoms with Crippen molar-refractivity contribution in [3.05, 3.63) is 0 Å². The summed E-state index contributed by atoms with van der Waals surface area (Å²) in [5.74, 6) is 0.951. The molecule has 0 aromatic rings. The van der Waals surface area contributed by atoms with Gasteiger partial charge in [-0.05, 0) is 33.9 Å². The quantitative estimate of drug-likeness (QED) is 0.632. The van der Waals surface area contributed by atoms with E-state index in [-0.39, 0.29) is 5.54 Å². The highest BCUT2D eigenvalue weighted by molar-refractivity contribution is 5.87. The molecule has 0 saturated heterocycles. The number of unbranched alkanes of at least 4 members (excludes halogenated alkanes) is 1. The predicted molar refractivity (Wildman–Crippen MR) is 70.7 cm³/mol. The number of ketones is 1. The highest BCUT2D eigenvalue weighted by Gasteiger charge is 2.30. The van der Waals surface area contributed by atoms with Gasteiger partial charge in [0, 0.05) is 6.42 Å². The first-order chi connectivity index (χ1) is 7.36. The second-order valence-electron chi connectivity index (χ2n) is 5.50. The molecule has 0 aromatic heterocycles. The molecule has 0 amide bonds. The zero-order chi connectivity index (χ0) is 12.8. The summed E-state index contributed by atoms with van der Waals surface area (Å²) in [4.78, 5) is 14.2. The molecule has 0 bridgehead atoms. The summed E-state index contributed by atoms with van der Waals surface area (Å²) >= 11 is 0. The standard InChI is InChI=1S/C14H29NO/c1-7-9-10-12(8-2)11-13(16)14(3,4)15(5)6/h12H,7-11H2,1-6H3. The number of rotatable bonds is 8. The molecule has 0 radical (unpaired) electrons. The Bertz CT molecular complexity index is 209. The molecule has 0 aliphatic carbocycles. The number of hydrogen-bond acceptors (Lipinski definition) is 2. The van der Waals surface area contributed by atoms with E-state index in [0.717, 1.165) is 12.8 Å². The van der Waals surface area contributed by atoms with E-state index in [0.29, 0.717) is 11.7 Å². The van der Waals surface area contributed by atoms with Crippen LogP contribution in [-0.2, 0) is 4.79 Å². The highest BCUT2D eigenvalue weighted by Crippen LogP contribution is 2.22. The lowest BCUT2D eigenvalue weighted by atomic mass is 9.86. The van der Waals surface area contributed by atoms with Crippen LogP contribution in [0.3, 0.4) is 0 Å². The third-order valence-corrected chi connectivity index (χ3v) is 3.82. The third kappa shape index (κ3) is 4.65. The van der Waals surface area contributed by atoms with E-state index in [1.54, 1.807) is 0 Å². The summed E-state index contributed by atoms with van der Waals surface area (Å²) in [6, 6.07) is 0. The van der Waals surface area contributed by atoms with E-state index < -0.39 is 0 Å². The zero-order valence-electron chi connectivity index (χ0n) is 12.0. The largest absolute Gasteiger partial charge is 0.298 e. The van der Waals surface area contributed by atoms with Gasteiger partial charge in [0.1, 0.15) is 0 Å². The minimum atomic E-state index is -0.320. The topological polar surface area (TPSA) is 20.3 Å². The summed E-state index contributed by atoms with van der Waals surface area (Å²) in [7, 11) is 3.95. The van der Waals surface area contributed by atoms with Gasteiger partial charge in [0.15, 0.2) is 5.78 Å². The Morgan fingerprint density at radius 3 is 2.19 bits per heavy atom. The van der Waals surface area contributed by atoms with Gasteiger partial charge in [-0.15, -0.1) is 0 Å². The summed E-state index contributed by atoms with van der Waals surface area (Å²) < 4.78 is 0. The average Bonchev–Trinajstić information content (AvgIpc) is 2.23. The van der Waals surface area contributed by atoms with E-state index in [1.807, 2.05) is 32.8 Å². The highest BCUT2D eigenvalue weighted by atomic mass is 16.1. The summed E-state index contributed by atoms with van der Waals surface area (Å²) in [6.45, 7) is 8.43. The fourth-order valence-electron chi connectivity index (χ4n) is 1.70. The van der Waals surface area contributed by atoms with Crippen LogP contribution in [0.4, 0.5) is 0 Å². The maximum Gasteiger partial charge on any atom is 0.152 e. The molecule has 0 aromatic carbocycles. The molecule has 0 aliphatic heterocycles. The molecule has 0 heterocycles. The van der Waals surface area contributed by atoms with E-state index in [1.165, 1.54) is 19.3 Å². The van der Waals surface area contributed by atoms with Gasteiger partial charge in [0.25, 0.3) is 0 Å². The Morgan fingerprint density at radius 1 is 1.25 bits per heavy atom. The molecule has 0 N–H and O–H groups in total. The molecule has 2 nitrogen and oxygen atoms in total. The van der Waals surface area contributed by atoms with Crippen molar-refractivity contribution in [1.29, 1.82) is 0 Å². The predicted octanol–water partition coefficient (Wildman–Crippen LogP) is 3.50. The average molecular weight is 227 g/mol. The summed E-state index contributed by atoms with van der Waals surface area (Å²) in [6.07, 6.45) is 5.52. The molecule has 16 heavy (non-hydrogen) atoms. The molecule has 96 valence electrons. The monoisotopic (exact) mass is 227 g/mol. The molecular formula is C14H29NO. The third-order valence-electron chi connectivity index (χ3n) is 3.82. The zero-order valence-corrected chi connectivity index (χ0v) is 12.0. The fraction of sp³-hybridized carbons (Fsp3) is 0.929. The Hall–Kier alpha value is -0.370. The van der Waals surface area contributed by atoms with Crippen LogP contribution in [0.15, 0.2) is 0 Å². The molecule has 2 heteroatoms. The van der Waals surface area contributed by atoms with Crippen LogP contribution in [0, 0.1) is 5.92 Å². The van der Waals surface area contributed by atoms with Gasteiger partial charge in [0.2, 0.25) is 0 Å². The van der Waals surface area contributed by atoms with Crippen molar-refractivity contribution in [2.24, 2.45) is 5.92 Å². The summed E-state index contributed by atoms with van der Waals surface area (Å²) in [5, 5.41) is 0. The Labute approximate surface area is 101 Å². The maximum atomic E-state index is 12.2. The van der Waals surface area contributed by atoms with Crippen molar-refractivity contribution >= 4 is 5.78 Å². The lowest BCUT2D eigenvalue weighted by Gasteiger charge is -2.32. The molecule has 1 atom stereocenters. The van der Waals surface area contributed by atoms with Crippen molar-refractivity contribution in [1.82, 2.24) is 4.90 Å². The van der Waals surface area contributed by atoms with Gasteiger partial charge in [-0.3, -0.25) is 9.69 Å². The van der Waals surface area contributed by atoms with E-state index in [2.05, 4.69) is 13.8 Å². The number of Topliss-reactive ketones (excluding diaryl/α,β-unsaturated/α-hetero) is 1. The Balaban J connectivity index is 4.29. The summed E-state index contributed by atoms with van der Waals surface area (Å²) in [5.41, 5.74) is -0.320. The van der Waals surface area contributed by atoms with Crippen molar-refractivity contribution in [2.75, 3.05) is 14.1 Å². The fourth-order valence-corrected chi connectivity index (χ4v) is 1.70. The Morgan fingerprint density at radius 2 is 1.81 bits per heavy atom. The molecule has 1 unspecified atom stereocenters. The van der Waals surface area contributed by atoms with Gasteiger partial charge < -0.3 is 0 Å². The normalized spacial score (nSPS) is 14.2. The number of likely N-dealkylation sites (N-methyl/N-ethyl adjacent to an activating group) is 1. The van der Waals surface area contributed by atoms with Crippen LogP contribution < -0.4 is 0 Å². The van der Waals surface area contributed by atoms with E-state index in [4.69, 9.17) is 0 Å². The molecule has 0 fully saturated rings. The lowest BCUT2D eigenvalue weighted by Crippen LogP contribution is -2.46. The number of hydrogen-bond donors (Lipinski definition) is 0. The van der Waals surface area contributed by atoms with Crippen molar-refractivity contribution in [2.45, 2.75) is 65.3 Å². The van der Waals surface area contributed by atoms with Crippen LogP contribution in [0.2, 0.25) is 0 Å². The van der Waals surface area contributed by atoms with Crippen LogP contribution in [0.5, 0.6) is 0 Å². The lowest BCUT2D eigenvalue weighted by molar-refractivity contribution is -0.129. The van der Waals surface area contributed by atoms with Crippen LogP contribution in [-0.4, -0.2) is 30.3 Å². The molecular weight excluding hydrogens is 198 g/mol. The number of nitrogens with zero attached hydrogens (tertiary/aromatic N) is 1. The first kappa shape index (κ1) is 15.6. The van der Waals surface area contributed by atoms with Crippen LogP contribution in [0.25, 0.3) is 0 Å². The second kappa shape index (κ2) is 7.05. The van der Waals surface area contributed by atoms with Gasteiger partial charge in [-0.25, -0.2) is 0 Å². The molecule has 0 aliphatic rings. The van der Waals surface area contributed by atoms with Gasteiger partial charge in [-0.1, -0.05) is 39.5 Å². The minimum Gasteiger partial charge on any atom is -0.298 e. The van der Waals surface area contributed by atoms with Gasteiger partial charge in [0.05, 0.1) is 5.54 Å². The SMILES string of the molecule is CCCCC(CC)CC(=O)C(C)(C)N(C)C. The second-order valence-corrected chi connectivity index (χ2v) is 5.50. The molecule has 0 spiro atoms. The Kier molecular flexibility index (Phi) is 6.89. The number of carbonyl (C=O) groups is 1. The van der Waals surface area contributed by atoms with E-state index in [9.17, 15) is 4.79 Å². The molecule has 0 saturated carbocycles. The first-order valence-corrected chi connectivity index (χ1v) is 6.56. The first-order valence-electron chi connectivity index (χ1n) is 6.56. The van der Waals surface area contributed by atoms with Crippen molar-refractivity contribution in [3.63, 3.8) is 0 Å². The maximum absolute atomic E-state index is 12.2. The van der Waals surface area contributed by atoms with Crippen LogP contribution >= 0.6 is 0 Å². The smallest absolute Gasteiger partial charge is 0.152 e. The van der Waals surface area contributed by atoms with Crippen molar-refractivity contribution < 1.29 is 4.79 Å². The van der Waals surface area contributed by atoms with E-state index >= 15 is 0 Å². The van der Waals surface area contributed by atoms with Crippen molar-refractivity contribution in [3.8, 4) is 0 Å². The van der Waals surface area contributed by atoms with Gasteiger partial charge in [-0.2, -0.15) is 0 Å². The minimum absolute atomic E-state index is 0.320. The van der Waals surface area contributed by atoms with Gasteiger partial charge >= 0.3 is 0 Å². The molecule has 0 rings (SSSR count).